The summed E-state index contributed by atoms with van der Waals surface area (Å²) >= 11 is 1.44. The van der Waals surface area contributed by atoms with Crippen LogP contribution >= 0.6 is 11.8 Å². The molecule has 0 aliphatic carbocycles. The minimum absolute atomic E-state index is 0.0452. The number of hydrogen-bond donors (Lipinski definition) is 1. The Hall–Kier alpha value is -2.34. The van der Waals surface area contributed by atoms with E-state index >= 15 is 0 Å². The highest BCUT2D eigenvalue weighted by Crippen LogP contribution is 2.24. The Balaban J connectivity index is 2.00. The van der Waals surface area contributed by atoms with Gasteiger partial charge in [-0.2, -0.15) is 0 Å². The molecule has 5 nitrogen and oxygen atoms in total. The molecule has 2 rings (SSSR count). The molecule has 0 aliphatic rings. The Morgan fingerprint density at radius 2 is 1.90 bits per heavy atom. The van der Waals surface area contributed by atoms with Crippen molar-refractivity contribution in [3.8, 4) is 0 Å². The van der Waals surface area contributed by atoms with Crippen LogP contribution in [0.4, 0.5) is 11.4 Å². The van der Waals surface area contributed by atoms with Gasteiger partial charge >= 0.3 is 0 Å². The normalized spacial score (nSPS) is 11.7. The number of anilines is 1. The second kappa shape index (κ2) is 6.90. The lowest BCUT2D eigenvalue weighted by molar-refractivity contribution is -0.384. The highest BCUT2D eigenvalue weighted by atomic mass is 32.2. The van der Waals surface area contributed by atoms with Gasteiger partial charge in [0.1, 0.15) is 0 Å². The van der Waals surface area contributed by atoms with E-state index in [1.165, 1.54) is 23.9 Å². The molecule has 1 N–H and O–H groups in total. The van der Waals surface area contributed by atoms with E-state index in [4.69, 9.17) is 0 Å². The standard InChI is InChI=1S/C15H14N2O3S/c1-11(21-14-8-3-2-4-9-14)15(18)16-12-6-5-7-13(10-12)17(19)20/h2-11H,1H3,(H,16,18)/t11-/m1/s1. The maximum atomic E-state index is 12.1. The molecule has 0 saturated heterocycles. The summed E-state index contributed by atoms with van der Waals surface area (Å²) in [6.45, 7) is 1.80. The van der Waals surface area contributed by atoms with Crippen LogP contribution in [0, 0.1) is 10.1 Å². The topological polar surface area (TPSA) is 72.2 Å². The summed E-state index contributed by atoms with van der Waals surface area (Å²) in [6, 6.07) is 15.5. The van der Waals surface area contributed by atoms with Crippen LogP contribution in [-0.4, -0.2) is 16.1 Å². The number of benzene rings is 2. The van der Waals surface area contributed by atoms with E-state index in [0.717, 1.165) is 4.90 Å². The van der Waals surface area contributed by atoms with Gasteiger partial charge in [0.25, 0.3) is 5.69 Å². The van der Waals surface area contributed by atoms with E-state index in [1.54, 1.807) is 19.1 Å². The molecule has 21 heavy (non-hydrogen) atoms. The largest absolute Gasteiger partial charge is 0.325 e. The summed E-state index contributed by atoms with van der Waals surface area (Å²) in [5.41, 5.74) is 0.380. The molecule has 0 fully saturated rings. The number of non-ortho nitro benzene ring substituents is 1. The molecule has 0 bridgehead atoms. The lowest BCUT2D eigenvalue weighted by Crippen LogP contribution is -2.22. The van der Waals surface area contributed by atoms with Gasteiger partial charge in [-0.25, -0.2) is 0 Å². The Kier molecular flexibility index (Phi) is 4.94. The molecule has 0 radical (unpaired) electrons. The first-order valence-electron chi connectivity index (χ1n) is 6.33. The number of nitro groups is 1. The van der Waals surface area contributed by atoms with E-state index in [9.17, 15) is 14.9 Å². The smallest absolute Gasteiger partial charge is 0.271 e. The number of hydrogen-bond acceptors (Lipinski definition) is 4. The van der Waals surface area contributed by atoms with Gasteiger partial charge < -0.3 is 5.32 Å². The molecule has 0 heterocycles. The van der Waals surface area contributed by atoms with Crippen molar-refractivity contribution >= 4 is 29.0 Å². The van der Waals surface area contributed by atoms with Crippen LogP contribution in [0.15, 0.2) is 59.5 Å². The van der Waals surface area contributed by atoms with E-state index in [-0.39, 0.29) is 16.8 Å². The molecule has 0 aliphatic heterocycles. The zero-order valence-corrected chi connectivity index (χ0v) is 12.2. The maximum Gasteiger partial charge on any atom is 0.271 e. The van der Waals surface area contributed by atoms with Gasteiger partial charge in [0, 0.05) is 22.7 Å². The summed E-state index contributed by atoms with van der Waals surface area (Å²) in [5, 5.41) is 13.1. The summed E-state index contributed by atoms with van der Waals surface area (Å²) in [6.07, 6.45) is 0. The third-order valence-electron chi connectivity index (χ3n) is 2.75. The minimum atomic E-state index is -0.488. The van der Waals surface area contributed by atoms with Crippen molar-refractivity contribution < 1.29 is 9.72 Å². The molecule has 0 spiro atoms. The molecule has 0 unspecified atom stereocenters. The van der Waals surface area contributed by atoms with Crippen molar-refractivity contribution in [2.24, 2.45) is 0 Å². The Bertz CT molecular complexity index is 646. The Labute approximate surface area is 126 Å². The molecular weight excluding hydrogens is 288 g/mol. The molecule has 2 aromatic carbocycles. The lowest BCUT2D eigenvalue weighted by atomic mass is 10.2. The van der Waals surface area contributed by atoms with Crippen molar-refractivity contribution in [1.29, 1.82) is 0 Å². The molecular formula is C15H14N2O3S. The van der Waals surface area contributed by atoms with Crippen LogP contribution in [0.5, 0.6) is 0 Å². The monoisotopic (exact) mass is 302 g/mol. The van der Waals surface area contributed by atoms with Crippen molar-refractivity contribution in [3.63, 3.8) is 0 Å². The van der Waals surface area contributed by atoms with Gasteiger partial charge in [-0.1, -0.05) is 24.3 Å². The van der Waals surface area contributed by atoms with E-state index in [2.05, 4.69) is 5.32 Å². The number of nitrogens with zero attached hydrogens (tertiary/aromatic N) is 1. The molecule has 6 heteroatoms. The van der Waals surface area contributed by atoms with Crippen LogP contribution in [-0.2, 0) is 4.79 Å². The zero-order valence-electron chi connectivity index (χ0n) is 11.4. The number of nitrogens with one attached hydrogen (secondary N) is 1. The summed E-state index contributed by atoms with van der Waals surface area (Å²) in [5.74, 6) is -0.190. The fourth-order valence-electron chi connectivity index (χ4n) is 1.70. The number of amides is 1. The number of rotatable bonds is 5. The van der Waals surface area contributed by atoms with E-state index in [0.29, 0.717) is 5.69 Å². The first-order chi connectivity index (χ1) is 10.1. The lowest BCUT2D eigenvalue weighted by Gasteiger charge is -2.11. The fraction of sp³-hybridized carbons (Fsp3) is 0.133. The average molecular weight is 302 g/mol. The van der Waals surface area contributed by atoms with Gasteiger partial charge in [0.2, 0.25) is 5.91 Å². The van der Waals surface area contributed by atoms with Crippen molar-refractivity contribution in [2.75, 3.05) is 5.32 Å². The van der Waals surface area contributed by atoms with Crippen molar-refractivity contribution in [1.82, 2.24) is 0 Å². The number of carbonyl (C=O) groups is 1. The van der Waals surface area contributed by atoms with Crippen LogP contribution in [0.1, 0.15) is 6.92 Å². The highest BCUT2D eigenvalue weighted by molar-refractivity contribution is 8.00. The SMILES string of the molecule is C[C@@H](Sc1ccccc1)C(=O)Nc1cccc([N+](=O)[O-])c1. The molecule has 1 amide bonds. The highest BCUT2D eigenvalue weighted by Gasteiger charge is 2.15. The Morgan fingerprint density at radius 1 is 1.19 bits per heavy atom. The summed E-state index contributed by atoms with van der Waals surface area (Å²) in [4.78, 5) is 23.3. The maximum absolute atomic E-state index is 12.1. The van der Waals surface area contributed by atoms with Crippen LogP contribution in [0.3, 0.4) is 0 Å². The Morgan fingerprint density at radius 3 is 2.57 bits per heavy atom. The third kappa shape index (κ3) is 4.32. The first-order valence-corrected chi connectivity index (χ1v) is 7.21. The average Bonchev–Trinajstić information content (AvgIpc) is 2.48. The quantitative estimate of drug-likeness (QED) is 0.519. The van der Waals surface area contributed by atoms with Gasteiger partial charge in [-0.3, -0.25) is 14.9 Å². The van der Waals surface area contributed by atoms with Gasteiger partial charge in [0.05, 0.1) is 10.2 Å². The number of thioether (sulfide) groups is 1. The molecule has 1 atom stereocenters. The van der Waals surface area contributed by atoms with Gasteiger partial charge in [0.15, 0.2) is 0 Å². The van der Waals surface area contributed by atoms with Crippen LogP contribution in [0.2, 0.25) is 0 Å². The predicted molar refractivity (Wildman–Crippen MR) is 83.5 cm³/mol. The predicted octanol–water partition coefficient (Wildman–Crippen LogP) is 3.71. The number of nitro benzene ring substituents is 1. The van der Waals surface area contributed by atoms with Crippen LogP contribution < -0.4 is 5.32 Å². The molecule has 0 saturated carbocycles. The molecule has 0 aromatic heterocycles. The fourth-order valence-corrected chi connectivity index (χ4v) is 2.59. The van der Waals surface area contributed by atoms with Gasteiger partial charge in [-0.05, 0) is 25.1 Å². The molecule has 108 valence electrons. The second-order valence-electron chi connectivity index (χ2n) is 4.37. The third-order valence-corrected chi connectivity index (χ3v) is 3.86. The van der Waals surface area contributed by atoms with Crippen molar-refractivity contribution in [3.05, 3.63) is 64.7 Å². The van der Waals surface area contributed by atoms with E-state index in [1.807, 2.05) is 30.3 Å². The van der Waals surface area contributed by atoms with Gasteiger partial charge in [-0.15, -0.1) is 11.8 Å². The molecule has 2 aromatic rings. The summed E-state index contributed by atoms with van der Waals surface area (Å²) < 4.78 is 0. The first kappa shape index (κ1) is 15.1. The second-order valence-corrected chi connectivity index (χ2v) is 5.78. The van der Waals surface area contributed by atoms with Crippen molar-refractivity contribution in [2.45, 2.75) is 17.1 Å². The van der Waals surface area contributed by atoms with E-state index < -0.39 is 4.92 Å². The minimum Gasteiger partial charge on any atom is -0.325 e. The van der Waals surface area contributed by atoms with Crippen LogP contribution in [0.25, 0.3) is 0 Å². The summed E-state index contributed by atoms with van der Waals surface area (Å²) in [7, 11) is 0. The number of carbonyl (C=O) groups excluding carboxylic acids is 1. The zero-order chi connectivity index (χ0) is 15.2.